The zero-order valence-corrected chi connectivity index (χ0v) is 15.0. The van der Waals surface area contributed by atoms with Gasteiger partial charge in [0.25, 0.3) is 5.91 Å². The lowest BCUT2D eigenvalue weighted by Gasteiger charge is -2.35. The van der Waals surface area contributed by atoms with Gasteiger partial charge in [-0.15, -0.1) is 0 Å². The van der Waals surface area contributed by atoms with Crippen LogP contribution in [0.5, 0.6) is 5.75 Å². The van der Waals surface area contributed by atoms with E-state index in [1.54, 1.807) is 7.11 Å². The number of amides is 1. The Morgan fingerprint density at radius 3 is 2.88 bits per heavy atom. The van der Waals surface area contributed by atoms with Gasteiger partial charge in [-0.3, -0.25) is 15.0 Å². The average Bonchev–Trinajstić information content (AvgIpc) is 3.24. The number of aromatic amines is 2. The Hall–Kier alpha value is -2.87. The molecule has 1 aliphatic rings. The van der Waals surface area contributed by atoms with E-state index < -0.39 is 0 Å². The van der Waals surface area contributed by atoms with Crippen molar-refractivity contribution in [2.24, 2.45) is 0 Å². The number of benzene rings is 1. The van der Waals surface area contributed by atoms with Crippen LogP contribution in [0, 0.1) is 13.8 Å². The summed E-state index contributed by atoms with van der Waals surface area (Å²) in [6, 6.07) is 5.38. The molecule has 2 N–H and O–H groups in total. The summed E-state index contributed by atoms with van der Waals surface area (Å²) in [6.45, 7) is 5.35. The molecule has 1 fully saturated rings. The second-order valence-corrected chi connectivity index (χ2v) is 6.39. The Balaban J connectivity index is 1.75. The second kappa shape index (κ2) is 6.45. The van der Waals surface area contributed by atoms with E-state index in [0.717, 1.165) is 27.9 Å². The number of ether oxygens (including phenoxy) is 2. The fourth-order valence-corrected chi connectivity index (χ4v) is 3.62. The number of hydrogen-bond donors (Lipinski definition) is 2. The fraction of sp³-hybridized carbons (Fsp3) is 0.389. The summed E-state index contributed by atoms with van der Waals surface area (Å²) >= 11 is 0. The molecule has 3 aromatic rings. The van der Waals surface area contributed by atoms with Crippen LogP contribution >= 0.6 is 0 Å². The minimum atomic E-state index is -0.188. The van der Waals surface area contributed by atoms with Gasteiger partial charge in [0.1, 0.15) is 11.3 Å². The highest BCUT2D eigenvalue weighted by Crippen LogP contribution is 2.32. The van der Waals surface area contributed by atoms with Crippen LogP contribution in [0.3, 0.4) is 0 Å². The fourth-order valence-electron chi connectivity index (χ4n) is 3.62. The van der Waals surface area contributed by atoms with Gasteiger partial charge in [0, 0.05) is 23.2 Å². The first-order valence-electron chi connectivity index (χ1n) is 8.53. The summed E-state index contributed by atoms with van der Waals surface area (Å²) < 4.78 is 11.0. The van der Waals surface area contributed by atoms with E-state index in [1.165, 1.54) is 0 Å². The first-order valence-corrected chi connectivity index (χ1v) is 8.53. The lowest BCUT2D eigenvalue weighted by molar-refractivity contribution is -0.00322. The zero-order chi connectivity index (χ0) is 18.3. The third-order valence-corrected chi connectivity index (χ3v) is 4.89. The van der Waals surface area contributed by atoms with Crippen LogP contribution < -0.4 is 4.74 Å². The number of methoxy groups -OCH3 is 1. The van der Waals surface area contributed by atoms with Crippen molar-refractivity contribution in [1.29, 1.82) is 0 Å². The van der Waals surface area contributed by atoms with Crippen LogP contribution in [-0.4, -0.2) is 58.1 Å². The van der Waals surface area contributed by atoms with E-state index in [1.807, 2.05) is 36.9 Å². The van der Waals surface area contributed by atoms with Gasteiger partial charge >= 0.3 is 0 Å². The van der Waals surface area contributed by atoms with Crippen LogP contribution in [0.4, 0.5) is 0 Å². The summed E-state index contributed by atoms with van der Waals surface area (Å²) in [7, 11) is 1.60. The molecule has 1 amide bonds. The molecule has 0 spiro atoms. The van der Waals surface area contributed by atoms with E-state index in [2.05, 4.69) is 20.4 Å². The standard InChI is InChI=1S/C18H21N5O3/c1-10-15(11(2)20-19-10)13-9-26-8-7-23(13)18(24)17-12-5-4-6-14(25-3)16(12)21-22-17/h4-6,13H,7-9H2,1-3H3,(H,19,20)(H,21,22). The molecule has 1 saturated heterocycles. The Labute approximate surface area is 150 Å². The highest BCUT2D eigenvalue weighted by molar-refractivity contribution is 6.06. The molecular weight excluding hydrogens is 334 g/mol. The molecule has 26 heavy (non-hydrogen) atoms. The van der Waals surface area contributed by atoms with Crippen LogP contribution in [0.25, 0.3) is 10.9 Å². The summed E-state index contributed by atoms with van der Waals surface area (Å²) in [5.41, 5.74) is 3.95. The molecule has 1 unspecified atom stereocenters. The highest BCUT2D eigenvalue weighted by Gasteiger charge is 2.34. The van der Waals surface area contributed by atoms with E-state index in [9.17, 15) is 4.79 Å². The monoisotopic (exact) mass is 355 g/mol. The highest BCUT2D eigenvalue weighted by atomic mass is 16.5. The normalized spacial score (nSPS) is 17.7. The van der Waals surface area contributed by atoms with Crippen molar-refractivity contribution in [3.05, 3.63) is 40.8 Å². The van der Waals surface area contributed by atoms with Crippen molar-refractivity contribution in [2.45, 2.75) is 19.9 Å². The Morgan fingerprint density at radius 1 is 1.31 bits per heavy atom. The number of carbonyl (C=O) groups is 1. The molecule has 2 aromatic heterocycles. The predicted molar refractivity (Wildman–Crippen MR) is 95.3 cm³/mol. The number of hydrogen-bond acceptors (Lipinski definition) is 5. The molecule has 1 atom stereocenters. The topological polar surface area (TPSA) is 96.1 Å². The first-order chi connectivity index (χ1) is 12.6. The smallest absolute Gasteiger partial charge is 0.275 e. The Morgan fingerprint density at radius 2 is 2.15 bits per heavy atom. The summed E-state index contributed by atoms with van der Waals surface area (Å²) in [5.74, 6) is 0.534. The minimum absolute atomic E-state index is 0.127. The quantitative estimate of drug-likeness (QED) is 0.750. The lowest BCUT2D eigenvalue weighted by Crippen LogP contribution is -2.44. The molecule has 136 valence electrons. The van der Waals surface area contributed by atoms with E-state index in [-0.39, 0.29) is 11.9 Å². The molecule has 0 saturated carbocycles. The molecule has 1 aromatic carbocycles. The number of fused-ring (bicyclic) bond motifs is 1. The molecular formula is C18H21N5O3. The SMILES string of the molecule is COc1cccc2c(C(=O)N3CCOCC3c3c(C)n[nH]c3C)n[nH]c12. The molecule has 0 aliphatic carbocycles. The lowest BCUT2D eigenvalue weighted by atomic mass is 10.0. The number of carbonyl (C=O) groups excluding carboxylic acids is 1. The van der Waals surface area contributed by atoms with Crippen molar-refractivity contribution in [3.8, 4) is 5.75 Å². The van der Waals surface area contributed by atoms with Gasteiger partial charge in [0.15, 0.2) is 5.69 Å². The average molecular weight is 355 g/mol. The number of nitrogens with one attached hydrogen (secondary N) is 2. The van der Waals surface area contributed by atoms with Crippen LogP contribution in [0.2, 0.25) is 0 Å². The molecule has 0 radical (unpaired) electrons. The van der Waals surface area contributed by atoms with Crippen LogP contribution in [-0.2, 0) is 4.74 Å². The van der Waals surface area contributed by atoms with Gasteiger partial charge in [-0.1, -0.05) is 12.1 Å². The maximum atomic E-state index is 13.3. The minimum Gasteiger partial charge on any atom is -0.494 e. The molecule has 1 aliphatic heterocycles. The summed E-state index contributed by atoms with van der Waals surface area (Å²) in [6.07, 6.45) is 0. The first kappa shape index (κ1) is 16.6. The number of nitrogens with zero attached hydrogens (tertiary/aromatic N) is 3. The number of para-hydroxylation sites is 1. The summed E-state index contributed by atoms with van der Waals surface area (Å²) in [5, 5.41) is 15.2. The molecule has 8 heteroatoms. The largest absolute Gasteiger partial charge is 0.494 e. The predicted octanol–water partition coefficient (Wildman–Crippen LogP) is 2.13. The number of H-pyrrole nitrogens is 2. The number of aryl methyl sites for hydroxylation is 2. The maximum absolute atomic E-state index is 13.3. The summed E-state index contributed by atoms with van der Waals surface area (Å²) in [4.78, 5) is 15.1. The third kappa shape index (κ3) is 2.53. The van der Waals surface area contributed by atoms with E-state index in [0.29, 0.717) is 31.2 Å². The molecule has 8 nitrogen and oxygen atoms in total. The Bertz CT molecular complexity index is 942. The number of rotatable bonds is 3. The van der Waals surface area contributed by atoms with E-state index in [4.69, 9.17) is 9.47 Å². The number of aromatic nitrogens is 4. The molecule has 4 rings (SSSR count). The van der Waals surface area contributed by atoms with Gasteiger partial charge in [-0.25, -0.2) is 0 Å². The Kier molecular flexibility index (Phi) is 4.12. The van der Waals surface area contributed by atoms with Gasteiger partial charge in [0.05, 0.1) is 32.1 Å². The molecule has 0 bridgehead atoms. The molecule has 3 heterocycles. The van der Waals surface area contributed by atoms with E-state index >= 15 is 0 Å². The van der Waals surface area contributed by atoms with Crippen LogP contribution in [0.15, 0.2) is 18.2 Å². The van der Waals surface area contributed by atoms with Gasteiger partial charge in [-0.2, -0.15) is 10.2 Å². The number of morpholine rings is 1. The van der Waals surface area contributed by atoms with Crippen molar-refractivity contribution in [2.75, 3.05) is 26.9 Å². The van der Waals surface area contributed by atoms with Crippen molar-refractivity contribution in [3.63, 3.8) is 0 Å². The maximum Gasteiger partial charge on any atom is 0.275 e. The van der Waals surface area contributed by atoms with Crippen molar-refractivity contribution < 1.29 is 14.3 Å². The van der Waals surface area contributed by atoms with Crippen molar-refractivity contribution >= 4 is 16.8 Å². The van der Waals surface area contributed by atoms with Gasteiger partial charge < -0.3 is 14.4 Å². The van der Waals surface area contributed by atoms with Gasteiger partial charge in [0.2, 0.25) is 0 Å². The van der Waals surface area contributed by atoms with Crippen LogP contribution in [0.1, 0.15) is 33.5 Å². The van der Waals surface area contributed by atoms with Gasteiger partial charge in [-0.05, 0) is 19.9 Å². The van der Waals surface area contributed by atoms with Crippen molar-refractivity contribution in [1.82, 2.24) is 25.3 Å². The third-order valence-electron chi connectivity index (χ3n) is 4.89. The zero-order valence-electron chi connectivity index (χ0n) is 15.0. The second-order valence-electron chi connectivity index (χ2n) is 6.39.